The number of aliphatic hydroxyl groups excluding tert-OH is 1. The van der Waals surface area contributed by atoms with Crippen LogP contribution in [0.25, 0.3) is 0 Å². The van der Waals surface area contributed by atoms with E-state index in [0.717, 1.165) is 17.9 Å². The first-order valence-corrected chi connectivity index (χ1v) is 10.3. The van der Waals surface area contributed by atoms with Gasteiger partial charge in [0.15, 0.2) is 0 Å². The fourth-order valence-electron chi connectivity index (χ4n) is 3.93. The van der Waals surface area contributed by atoms with Crippen molar-refractivity contribution < 1.29 is 5.11 Å². The van der Waals surface area contributed by atoms with E-state index in [-0.39, 0.29) is 5.92 Å². The lowest BCUT2D eigenvalue weighted by Crippen LogP contribution is -2.15. The van der Waals surface area contributed by atoms with Crippen LogP contribution < -0.4 is 0 Å². The maximum atomic E-state index is 11.5. The Labute approximate surface area is 165 Å². The summed E-state index contributed by atoms with van der Waals surface area (Å²) in [5.41, 5.74) is 5.97. The number of hydrogen-bond acceptors (Lipinski definition) is 3. The van der Waals surface area contributed by atoms with Crippen molar-refractivity contribution in [2.75, 3.05) is 14.1 Å². The molecule has 138 valence electrons. The van der Waals surface area contributed by atoms with E-state index in [2.05, 4.69) is 85.7 Å². The number of benzene rings is 3. The number of nitrogens with zero attached hydrogens (tertiary/aromatic N) is 1. The second-order valence-corrected chi connectivity index (χ2v) is 8.45. The monoisotopic (exact) mass is 375 g/mol. The molecule has 2 nitrogen and oxygen atoms in total. The van der Waals surface area contributed by atoms with Crippen LogP contribution in [-0.2, 0) is 12.3 Å². The molecule has 3 aromatic rings. The standard InChI is InChI=1S/C24H25NOS/c1-25(2)15-17-8-7-10-18(14-17)24(26)23-20-11-4-3-9-19(20)16-27-22-13-6-5-12-21(22)23/h3-14,23-24,26H,15-16H2,1-2H3/t23-,24-/m1/s1. The average Bonchev–Trinajstić information content (AvgIpc) is 2.84. The number of rotatable bonds is 4. The number of aliphatic hydroxyl groups is 1. The SMILES string of the molecule is CN(C)Cc1cccc([C@@H](O)[C@@H]2c3ccccc3CSc3ccccc32)c1. The molecule has 0 saturated heterocycles. The fourth-order valence-corrected chi connectivity index (χ4v) is 5.04. The molecule has 0 amide bonds. The van der Waals surface area contributed by atoms with Gasteiger partial charge in [-0.05, 0) is 48.0 Å². The van der Waals surface area contributed by atoms with Crippen LogP contribution in [-0.4, -0.2) is 24.1 Å². The van der Waals surface area contributed by atoms with Gasteiger partial charge in [-0.3, -0.25) is 0 Å². The van der Waals surface area contributed by atoms with E-state index in [4.69, 9.17) is 0 Å². The van der Waals surface area contributed by atoms with Gasteiger partial charge in [0.05, 0.1) is 6.10 Å². The largest absolute Gasteiger partial charge is 0.387 e. The Hall–Kier alpha value is -2.07. The summed E-state index contributed by atoms with van der Waals surface area (Å²) in [5.74, 6) is 0.888. The van der Waals surface area contributed by atoms with Crippen molar-refractivity contribution >= 4 is 11.8 Å². The maximum absolute atomic E-state index is 11.5. The van der Waals surface area contributed by atoms with E-state index >= 15 is 0 Å². The molecule has 0 radical (unpaired) electrons. The smallest absolute Gasteiger partial charge is 0.0899 e. The van der Waals surface area contributed by atoms with Gasteiger partial charge in [-0.2, -0.15) is 0 Å². The molecule has 0 unspecified atom stereocenters. The third-order valence-corrected chi connectivity index (χ3v) is 6.27. The summed E-state index contributed by atoms with van der Waals surface area (Å²) >= 11 is 1.86. The highest BCUT2D eigenvalue weighted by Gasteiger charge is 2.30. The van der Waals surface area contributed by atoms with E-state index < -0.39 is 6.10 Å². The van der Waals surface area contributed by atoms with Crippen LogP contribution >= 0.6 is 11.8 Å². The summed E-state index contributed by atoms with van der Waals surface area (Å²) < 4.78 is 0. The lowest BCUT2D eigenvalue weighted by atomic mass is 9.81. The minimum Gasteiger partial charge on any atom is -0.387 e. The molecule has 1 aliphatic rings. The molecule has 3 heteroatoms. The molecule has 0 spiro atoms. The minimum atomic E-state index is -0.576. The van der Waals surface area contributed by atoms with Crippen LogP contribution in [0.15, 0.2) is 77.7 Å². The van der Waals surface area contributed by atoms with Crippen molar-refractivity contribution in [3.05, 3.63) is 101 Å². The van der Waals surface area contributed by atoms with Crippen LogP contribution in [0.4, 0.5) is 0 Å². The summed E-state index contributed by atoms with van der Waals surface area (Å²) in [7, 11) is 4.14. The molecule has 0 saturated carbocycles. The van der Waals surface area contributed by atoms with E-state index in [1.807, 2.05) is 17.8 Å². The normalized spacial score (nSPS) is 17.1. The van der Waals surface area contributed by atoms with Crippen LogP contribution in [0.3, 0.4) is 0 Å². The van der Waals surface area contributed by atoms with E-state index in [9.17, 15) is 5.11 Å². The van der Waals surface area contributed by atoms with Gasteiger partial charge < -0.3 is 10.0 Å². The Kier molecular flexibility index (Phi) is 5.35. The topological polar surface area (TPSA) is 23.5 Å². The molecule has 0 fully saturated rings. The highest BCUT2D eigenvalue weighted by atomic mass is 32.2. The van der Waals surface area contributed by atoms with Gasteiger partial charge in [0.1, 0.15) is 0 Å². The van der Waals surface area contributed by atoms with Crippen LogP contribution in [0.1, 0.15) is 39.8 Å². The predicted octanol–water partition coefficient (Wildman–Crippen LogP) is 5.22. The Morgan fingerprint density at radius 1 is 0.963 bits per heavy atom. The summed E-state index contributed by atoms with van der Waals surface area (Å²) in [5, 5.41) is 11.5. The predicted molar refractivity (Wildman–Crippen MR) is 113 cm³/mol. The number of hydrogen-bond donors (Lipinski definition) is 1. The first-order valence-electron chi connectivity index (χ1n) is 9.34. The Balaban J connectivity index is 1.80. The first-order chi connectivity index (χ1) is 13.1. The summed E-state index contributed by atoms with van der Waals surface area (Å²) in [4.78, 5) is 3.42. The Bertz CT molecular complexity index is 889. The van der Waals surface area contributed by atoms with Crippen LogP contribution in [0.5, 0.6) is 0 Å². The Morgan fingerprint density at radius 3 is 2.52 bits per heavy atom. The first kappa shape index (κ1) is 18.3. The zero-order valence-electron chi connectivity index (χ0n) is 15.8. The average molecular weight is 376 g/mol. The van der Waals surface area contributed by atoms with E-state index in [0.29, 0.717) is 0 Å². The lowest BCUT2D eigenvalue weighted by Gasteiger charge is -2.26. The highest BCUT2D eigenvalue weighted by molar-refractivity contribution is 7.98. The number of thioether (sulfide) groups is 1. The Morgan fingerprint density at radius 2 is 1.70 bits per heavy atom. The third-order valence-electron chi connectivity index (χ3n) is 5.13. The van der Waals surface area contributed by atoms with Crippen molar-refractivity contribution in [2.24, 2.45) is 0 Å². The van der Waals surface area contributed by atoms with Gasteiger partial charge in [-0.15, -0.1) is 11.8 Å². The van der Waals surface area contributed by atoms with Gasteiger partial charge in [-0.1, -0.05) is 66.7 Å². The molecule has 1 N–H and O–H groups in total. The van der Waals surface area contributed by atoms with Gasteiger partial charge in [0.25, 0.3) is 0 Å². The zero-order valence-corrected chi connectivity index (χ0v) is 16.6. The number of fused-ring (bicyclic) bond motifs is 2. The minimum absolute atomic E-state index is 0.0537. The van der Waals surface area contributed by atoms with Crippen molar-refractivity contribution in [3.63, 3.8) is 0 Å². The molecule has 27 heavy (non-hydrogen) atoms. The molecule has 4 rings (SSSR count). The molecule has 2 atom stereocenters. The lowest BCUT2D eigenvalue weighted by molar-refractivity contribution is 0.158. The molecule has 0 bridgehead atoms. The molecule has 0 aliphatic carbocycles. The second-order valence-electron chi connectivity index (χ2n) is 7.43. The molecular formula is C24H25NOS. The fraction of sp³-hybridized carbons (Fsp3) is 0.250. The summed E-state index contributed by atoms with van der Waals surface area (Å²) in [6.07, 6.45) is -0.576. The van der Waals surface area contributed by atoms with Crippen molar-refractivity contribution in [3.8, 4) is 0 Å². The maximum Gasteiger partial charge on any atom is 0.0899 e. The van der Waals surface area contributed by atoms with Gasteiger partial charge in [0.2, 0.25) is 0 Å². The molecular weight excluding hydrogens is 350 g/mol. The third kappa shape index (κ3) is 3.81. The van der Waals surface area contributed by atoms with E-state index in [1.165, 1.54) is 27.1 Å². The van der Waals surface area contributed by atoms with E-state index in [1.54, 1.807) is 0 Å². The second kappa shape index (κ2) is 7.89. The van der Waals surface area contributed by atoms with Crippen molar-refractivity contribution in [1.29, 1.82) is 0 Å². The summed E-state index contributed by atoms with van der Waals surface area (Å²) in [6.45, 7) is 0.869. The molecule has 3 aromatic carbocycles. The summed E-state index contributed by atoms with van der Waals surface area (Å²) in [6, 6.07) is 25.4. The van der Waals surface area contributed by atoms with Gasteiger partial charge in [0, 0.05) is 23.1 Å². The van der Waals surface area contributed by atoms with Crippen LogP contribution in [0.2, 0.25) is 0 Å². The molecule has 0 aromatic heterocycles. The highest BCUT2D eigenvalue weighted by Crippen LogP contribution is 2.46. The molecule has 1 heterocycles. The van der Waals surface area contributed by atoms with Crippen LogP contribution in [0, 0.1) is 0 Å². The van der Waals surface area contributed by atoms with Crippen molar-refractivity contribution in [1.82, 2.24) is 4.90 Å². The van der Waals surface area contributed by atoms with Gasteiger partial charge >= 0.3 is 0 Å². The zero-order chi connectivity index (χ0) is 18.8. The quantitative estimate of drug-likeness (QED) is 0.676. The van der Waals surface area contributed by atoms with Gasteiger partial charge in [-0.25, -0.2) is 0 Å². The van der Waals surface area contributed by atoms with Crippen molar-refractivity contribution in [2.45, 2.75) is 29.2 Å². The molecule has 1 aliphatic heterocycles.